The Morgan fingerprint density at radius 1 is 1.12 bits per heavy atom. The van der Waals surface area contributed by atoms with E-state index >= 15 is 0 Å². The molecule has 2 aromatic carbocycles. The minimum atomic E-state index is -0.449. The Morgan fingerprint density at radius 2 is 1.88 bits per heavy atom. The number of halogens is 2. The molecule has 0 spiro atoms. The summed E-state index contributed by atoms with van der Waals surface area (Å²) in [4.78, 5) is 26.9. The number of carbonyl (C=O) groups is 2. The fourth-order valence-electron chi connectivity index (χ4n) is 4.80. The largest absolute Gasteiger partial charge is 0.466 e. The summed E-state index contributed by atoms with van der Waals surface area (Å²) in [6.07, 6.45) is 2.10. The number of ketones is 1. The maximum Gasteiger partial charge on any atom is 0.336 e. The first-order chi connectivity index (χ1) is 16.2. The number of carbonyl (C=O) groups excluding carboxylic acids is 2. The molecule has 34 heavy (non-hydrogen) atoms. The molecule has 0 saturated carbocycles. The van der Waals surface area contributed by atoms with Crippen LogP contribution in [-0.4, -0.2) is 18.9 Å². The fourth-order valence-corrected chi connectivity index (χ4v) is 6.36. The Labute approximate surface area is 214 Å². The molecule has 0 fully saturated rings. The van der Waals surface area contributed by atoms with Crippen LogP contribution in [0.4, 0.5) is 0 Å². The zero-order valence-electron chi connectivity index (χ0n) is 19.7. The van der Waals surface area contributed by atoms with Gasteiger partial charge in [-0.3, -0.25) is 4.79 Å². The van der Waals surface area contributed by atoms with Crippen LogP contribution in [0.3, 0.4) is 0 Å². The number of hydrogen-bond acceptors (Lipinski definition) is 5. The highest BCUT2D eigenvalue weighted by atomic mass is 35.5. The molecule has 1 heterocycles. The minimum Gasteiger partial charge on any atom is -0.466 e. The van der Waals surface area contributed by atoms with Crippen molar-refractivity contribution in [2.24, 2.45) is 0 Å². The van der Waals surface area contributed by atoms with E-state index in [0.29, 0.717) is 33.4 Å². The van der Waals surface area contributed by atoms with Gasteiger partial charge in [-0.05, 0) is 74.1 Å². The van der Waals surface area contributed by atoms with Crippen molar-refractivity contribution in [2.75, 3.05) is 7.11 Å². The van der Waals surface area contributed by atoms with Gasteiger partial charge in [0.1, 0.15) is 0 Å². The number of allylic oxidation sites excluding steroid dienone is 3. The molecule has 0 amide bonds. The molecule has 1 aliphatic heterocycles. The third-order valence-electron chi connectivity index (χ3n) is 6.49. The topological polar surface area (TPSA) is 55.4 Å². The fraction of sp³-hybridized carbons (Fsp3) is 0.333. The summed E-state index contributed by atoms with van der Waals surface area (Å²) < 4.78 is 5.15. The van der Waals surface area contributed by atoms with Gasteiger partial charge in [-0.15, -0.1) is 11.8 Å². The van der Waals surface area contributed by atoms with E-state index in [1.54, 1.807) is 23.9 Å². The van der Waals surface area contributed by atoms with E-state index in [1.807, 2.05) is 19.9 Å². The predicted molar refractivity (Wildman–Crippen MR) is 138 cm³/mol. The van der Waals surface area contributed by atoms with Gasteiger partial charge in [-0.1, -0.05) is 35.3 Å². The molecule has 7 heteroatoms. The average molecular weight is 516 g/mol. The molecular weight excluding hydrogens is 489 g/mol. The van der Waals surface area contributed by atoms with Crippen molar-refractivity contribution in [3.05, 3.63) is 85.2 Å². The average Bonchev–Trinajstić information content (AvgIpc) is 2.79. The first-order valence-corrected chi connectivity index (χ1v) is 13.0. The molecule has 0 saturated heterocycles. The van der Waals surface area contributed by atoms with Crippen LogP contribution in [0, 0.1) is 13.8 Å². The summed E-state index contributed by atoms with van der Waals surface area (Å²) in [7, 11) is 1.38. The molecule has 4 nitrogen and oxygen atoms in total. The van der Waals surface area contributed by atoms with E-state index in [1.165, 1.54) is 7.11 Å². The molecule has 4 rings (SSSR count). The van der Waals surface area contributed by atoms with Gasteiger partial charge in [0.05, 0.1) is 17.7 Å². The van der Waals surface area contributed by atoms with Crippen LogP contribution >= 0.6 is 35.0 Å². The number of dihydropyridines is 1. The molecule has 0 bridgehead atoms. The second-order valence-electron chi connectivity index (χ2n) is 8.76. The van der Waals surface area contributed by atoms with Crippen molar-refractivity contribution in [1.82, 2.24) is 5.32 Å². The SMILES string of the molecule is COC(=O)C1=C(C)NC2=C(C(=O)CCC2)C1c1cc(CSc2cc(Cl)ccc2Cl)c(C)cc1C. The van der Waals surface area contributed by atoms with Gasteiger partial charge in [0, 0.05) is 45.0 Å². The molecule has 1 N–H and O–H groups in total. The lowest BCUT2D eigenvalue weighted by atomic mass is 9.73. The van der Waals surface area contributed by atoms with Crippen LogP contribution in [0.1, 0.15) is 54.4 Å². The van der Waals surface area contributed by atoms with Crippen LogP contribution in [0.5, 0.6) is 0 Å². The summed E-state index contributed by atoms with van der Waals surface area (Å²) in [6.45, 7) is 5.99. The van der Waals surface area contributed by atoms with Crippen LogP contribution < -0.4 is 5.32 Å². The van der Waals surface area contributed by atoms with Crippen molar-refractivity contribution < 1.29 is 14.3 Å². The summed E-state index contributed by atoms with van der Waals surface area (Å²) in [5, 5.41) is 4.62. The molecule has 2 aliphatic rings. The highest BCUT2D eigenvalue weighted by Gasteiger charge is 2.39. The van der Waals surface area contributed by atoms with Gasteiger partial charge in [0.25, 0.3) is 0 Å². The van der Waals surface area contributed by atoms with Gasteiger partial charge in [0.2, 0.25) is 0 Å². The highest BCUT2D eigenvalue weighted by molar-refractivity contribution is 7.98. The smallest absolute Gasteiger partial charge is 0.336 e. The Balaban J connectivity index is 1.80. The number of rotatable bonds is 5. The molecule has 0 aromatic heterocycles. The van der Waals surface area contributed by atoms with E-state index in [-0.39, 0.29) is 5.78 Å². The van der Waals surface area contributed by atoms with Crippen LogP contribution in [0.15, 0.2) is 57.8 Å². The van der Waals surface area contributed by atoms with E-state index in [2.05, 4.69) is 24.4 Å². The number of aryl methyl sites for hydroxylation is 2. The Kier molecular flexibility index (Phi) is 7.46. The minimum absolute atomic E-state index is 0.0919. The Bertz CT molecular complexity index is 1250. The second kappa shape index (κ2) is 10.2. The summed E-state index contributed by atoms with van der Waals surface area (Å²) in [5.74, 6) is -0.0910. The van der Waals surface area contributed by atoms with E-state index in [9.17, 15) is 9.59 Å². The lowest BCUT2D eigenvalue weighted by Gasteiger charge is -2.35. The zero-order valence-corrected chi connectivity index (χ0v) is 22.0. The van der Waals surface area contributed by atoms with E-state index in [4.69, 9.17) is 27.9 Å². The molecular formula is C27H27Cl2NO3S. The van der Waals surface area contributed by atoms with Gasteiger partial charge in [-0.2, -0.15) is 0 Å². The number of esters is 1. The van der Waals surface area contributed by atoms with Crippen LogP contribution in [0.2, 0.25) is 10.0 Å². The first-order valence-electron chi connectivity index (χ1n) is 11.2. The third kappa shape index (κ3) is 4.79. The maximum atomic E-state index is 13.1. The van der Waals surface area contributed by atoms with Crippen molar-refractivity contribution in [1.29, 1.82) is 0 Å². The monoisotopic (exact) mass is 515 g/mol. The van der Waals surface area contributed by atoms with Gasteiger partial charge in [-0.25, -0.2) is 4.79 Å². The molecule has 1 atom stereocenters. The lowest BCUT2D eigenvalue weighted by Crippen LogP contribution is -2.34. The summed E-state index contributed by atoms with van der Waals surface area (Å²) in [6, 6.07) is 9.70. The number of benzene rings is 2. The zero-order chi connectivity index (χ0) is 24.6. The Morgan fingerprint density at radius 3 is 2.62 bits per heavy atom. The molecule has 1 unspecified atom stereocenters. The molecule has 2 aromatic rings. The maximum absolute atomic E-state index is 13.1. The van der Waals surface area contributed by atoms with Crippen molar-refractivity contribution in [2.45, 2.75) is 56.6 Å². The van der Waals surface area contributed by atoms with Crippen LogP contribution in [-0.2, 0) is 20.1 Å². The number of thioether (sulfide) groups is 1. The lowest BCUT2D eigenvalue weighted by molar-refractivity contribution is -0.136. The third-order valence-corrected chi connectivity index (χ3v) is 8.27. The summed E-state index contributed by atoms with van der Waals surface area (Å²) in [5.41, 5.74) is 7.12. The standard InChI is InChI=1S/C27H27Cl2NO3S/c1-14-10-15(2)19(11-17(14)13-34-23-12-18(28)8-9-20(23)29)25-24(27(32)33-4)16(3)30-21-6-5-7-22(31)26(21)25/h8-12,25,30H,5-7,13H2,1-4H3. The number of nitrogens with one attached hydrogen (secondary N) is 1. The molecule has 178 valence electrons. The van der Waals surface area contributed by atoms with Crippen LogP contribution in [0.25, 0.3) is 0 Å². The van der Waals surface area contributed by atoms with Crippen molar-refractivity contribution >= 4 is 46.7 Å². The van der Waals surface area contributed by atoms with Crippen molar-refractivity contribution in [3.8, 4) is 0 Å². The van der Waals surface area contributed by atoms with E-state index < -0.39 is 11.9 Å². The summed E-state index contributed by atoms with van der Waals surface area (Å²) >= 11 is 14.2. The van der Waals surface area contributed by atoms with Gasteiger partial charge in [0.15, 0.2) is 5.78 Å². The first kappa shape index (κ1) is 24.9. The number of Topliss-reactive ketones (excluding diaryl/α,β-unsaturated/α-hetero) is 1. The normalized spacial score (nSPS) is 18.1. The Hall–Kier alpha value is -2.21. The van der Waals surface area contributed by atoms with Gasteiger partial charge < -0.3 is 10.1 Å². The predicted octanol–water partition coefficient (Wildman–Crippen LogP) is 7.04. The quantitative estimate of drug-likeness (QED) is 0.341. The number of hydrogen-bond donors (Lipinski definition) is 1. The molecule has 1 aliphatic carbocycles. The highest BCUT2D eigenvalue weighted by Crippen LogP contribution is 2.44. The number of ether oxygens (including phenoxy) is 1. The van der Waals surface area contributed by atoms with Gasteiger partial charge >= 0.3 is 5.97 Å². The molecule has 0 radical (unpaired) electrons. The number of methoxy groups -OCH3 is 1. The van der Waals surface area contributed by atoms with Crippen molar-refractivity contribution in [3.63, 3.8) is 0 Å². The second-order valence-corrected chi connectivity index (χ2v) is 10.6. The van der Waals surface area contributed by atoms with E-state index in [0.717, 1.165) is 51.4 Å².